The van der Waals surface area contributed by atoms with Crippen LogP contribution in [0.2, 0.25) is 0 Å². The molecule has 0 saturated carbocycles. The third-order valence-corrected chi connectivity index (χ3v) is 1.88. The van der Waals surface area contributed by atoms with E-state index in [0.717, 1.165) is 18.9 Å². The van der Waals surface area contributed by atoms with Crippen molar-refractivity contribution in [3.63, 3.8) is 0 Å². The summed E-state index contributed by atoms with van der Waals surface area (Å²) in [4.78, 5) is 4.19. The standard InChI is InChI=1S/C7H11N3/c1-6-5-10-3-2-8-7(10)4-9-6/h2-3,6,9H,4-5H2,1H3. The van der Waals surface area contributed by atoms with Crippen molar-refractivity contribution in [3.8, 4) is 0 Å². The maximum Gasteiger partial charge on any atom is 0.122 e. The zero-order valence-electron chi connectivity index (χ0n) is 6.04. The molecule has 1 aliphatic heterocycles. The lowest BCUT2D eigenvalue weighted by atomic mass is 10.3. The highest BCUT2D eigenvalue weighted by Crippen LogP contribution is 2.04. The zero-order chi connectivity index (χ0) is 6.97. The first-order valence-corrected chi connectivity index (χ1v) is 3.59. The molecule has 0 saturated heterocycles. The van der Waals surface area contributed by atoms with Crippen LogP contribution in [0.25, 0.3) is 0 Å². The minimum Gasteiger partial charge on any atom is -0.332 e. The van der Waals surface area contributed by atoms with Gasteiger partial charge in [-0.05, 0) is 6.92 Å². The van der Waals surface area contributed by atoms with Crippen LogP contribution in [0, 0.1) is 0 Å². The molecule has 0 radical (unpaired) electrons. The molecule has 2 heterocycles. The topological polar surface area (TPSA) is 29.9 Å². The van der Waals surface area contributed by atoms with Gasteiger partial charge in [0.2, 0.25) is 0 Å². The molecule has 2 rings (SSSR count). The van der Waals surface area contributed by atoms with Crippen molar-refractivity contribution in [2.45, 2.75) is 26.1 Å². The fourth-order valence-corrected chi connectivity index (χ4v) is 1.30. The molecule has 0 aromatic carbocycles. The molecule has 0 spiro atoms. The summed E-state index contributed by atoms with van der Waals surface area (Å²) in [5.41, 5.74) is 0. The first kappa shape index (κ1) is 5.92. The van der Waals surface area contributed by atoms with Crippen molar-refractivity contribution < 1.29 is 0 Å². The van der Waals surface area contributed by atoms with Crippen molar-refractivity contribution in [3.05, 3.63) is 18.2 Å². The number of rotatable bonds is 0. The second kappa shape index (κ2) is 2.09. The molecular formula is C7H11N3. The van der Waals surface area contributed by atoms with Crippen LogP contribution in [0.4, 0.5) is 0 Å². The number of hydrogen-bond acceptors (Lipinski definition) is 2. The van der Waals surface area contributed by atoms with E-state index >= 15 is 0 Å². The second-order valence-electron chi connectivity index (χ2n) is 2.78. The molecule has 10 heavy (non-hydrogen) atoms. The van der Waals surface area contributed by atoms with E-state index in [9.17, 15) is 0 Å². The normalized spacial score (nSPS) is 24.3. The Bertz CT molecular complexity index is 229. The maximum atomic E-state index is 4.19. The molecule has 0 aliphatic carbocycles. The van der Waals surface area contributed by atoms with E-state index in [1.165, 1.54) is 0 Å². The van der Waals surface area contributed by atoms with Crippen LogP contribution in [0.1, 0.15) is 12.7 Å². The fourth-order valence-electron chi connectivity index (χ4n) is 1.30. The van der Waals surface area contributed by atoms with Crippen LogP contribution in [0.3, 0.4) is 0 Å². The van der Waals surface area contributed by atoms with Gasteiger partial charge in [-0.25, -0.2) is 4.98 Å². The van der Waals surface area contributed by atoms with Gasteiger partial charge >= 0.3 is 0 Å². The highest BCUT2D eigenvalue weighted by atomic mass is 15.2. The number of aromatic nitrogens is 2. The summed E-state index contributed by atoms with van der Waals surface area (Å²) in [6, 6.07) is 0.585. The van der Waals surface area contributed by atoms with Gasteiger partial charge in [-0.2, -0.15) is 0 Å². The molecule has 1 unspecified atom stereocenters. The Hall–Kier alpha value is -0.830. The third-order valence-electron chi connectivity index (χ3n) is 1.88. The van der Waals surface area contributed by atoms with Gasteiger partial charge in [0.05, 0.1) is 6.54 Å². The molecular weight excluding hydrogens is 126 g/mol. The quantitative estimate of drug-likeness (QED) is 0.560. The Morgan fingerprint density at radius 1 is 1.80 bits per heavy atom. The smallest absolute Gasteiger partial charge is 0.122 e. The van der Waals surface area contributed by atoms with E-state index in [-0.39, 0.29) is 0 Å². The summed E-state index contributed by atoms with van der Waals surface area (Å²) in [5, 5.41) is 3.34. The highest BCUT2D eigenvalue weighted by molar-refractivity contribution is 4.96. The minimum absolute atomic E-state index is 0.585. The van der Waals surface area contributed by atoms with Gasteiger partial charge in [-0.15, -0.1) is 0 Å². The first-order valence-electron chi connectivity index (χ1n) is 3.59. The molecule has 1 aromatic heterocycles. The molecule has 3 heteroatoms. The molecule has 54 valence electrons. The van der Waals surface area contributed by atoms with Crippen LogP contribution in [-0.2, 0) is 13.1 Å². The van der Waals surface area contributed by atoms with E-state index in [0.29, 0.717) is 6.04 Å². The van der Waals surface area contributed by atoms with Crippen LogP contribution in [0.15, 0.2) is 12.4 Å². The number of fused-ring (bicyclic) bond motifs is 1. The van der Waals surface area contributed by atoms with Gasteiger partial charge in [0.1, 0.15) is 5.82 Å². The molecule has 0 amide bonds. The van der Waals surface area contributed by atoms with Crippen molar-refractivity contribution in [1.29, 1.82) is 0 Å². The average molecular weight is 137 g/mol. The van der Waals surface area contributed by atoms with Gasteiger partial charge < -0.3 is 9.88 Å². The number of nitrogens with one attached hydrogen (secondary N) is 1. The molecule has 1 atom stereocenters. The van der Waals surface area contributed by atoms with Crippen molar-refractivity contribution in [2.75, 3.05) is 0 Å². The summed E-state index contributed by atoms with van der Waals surface area (Å²) < 4.78 is 2.20. The lowest BCUT2D eigenvalue weighted by Crippen LogP contribution is -2.36. The lowest BCUT2D eigenvalue weighted by molar-refractivity contribution is 0.410. The van der Waals surface area contributed by atoms with Crippen LogP contribution >= 0.6 is 0 Å². The summed E-state index contributed by atoms with van der Waals surface area (Å²) in [7, 11) is 0. The predicted molar refractivity (Wildman–Crippen MR) is 38.5 cm³/mol. The summed E-state index contributed by atoms with van der Waals surface area (Å²) >= 11 is 0. The SMILES string of the molecule is CC1Cn2ccnc2CN1. The van der Waals surface area contributed by atoms with Gasteiger partial charge in [0.15, 0.2) is 0 Å². The Morgan fingerprint density at radius 2 is 2.70 bits per heavy atom. The van der Waals surface area contributed by atoms with Crippen LogP contribution < -0.4 is 5.32 Å². The predicted octanol–water partition coefficient (Wildman–Crippen LogP) is 0.375. The molecule has 1 aliphatic rings. The Kier molecular flexibility index (Phi) is 1.24. The highest BCUT2D eigenvalue weighted by Gasteiger charge is 2.12. The fraction of sp³-hybridized carbons (Fsp3) is 0.571. The number of hydrogen-bond donors (Lipinski definition) is 1. The van der Waals surface area contributed by atoms with E-state index < -0.39 is 0 Å². The average Bonchev–Trinajstić information content (AvgIpc) is 2.33. The Labute approximate surface area is 60.1 Å². The third kappa shape index (κ3) is 0.827. The second-order valence-corrected chi connectivity index (χ2v) is 2.78. The van der Waals surface area contributed by atoms with E-state index in [4.69, 9.17) is 0 Å². The van der Waals surface area contributed by atoms with Crippen molar-refractivity contribution in [2.24, 2.45) is 0 Å². The minimum atomic E-state index is 0.585. The van der Waals surface area contributed by atoms with E-state index in [1.807, 2.05) is 12.4 Å². The maximum absolute atomic E-state index is 4.19. The largest absolute Gasteiger partial charge is 0.332 e. The van der Waals surface area contributed by atoms with Crippen LogP contribution in [0.5, 0.6) is 0 Å². The lowest BCUT2D eigenvalue weighted by Gasteiger charge is -2.21. The molecule has 3 nitrogen and oxygen atoms in total. The van der Waals surface area contributed by atoms with Crippen molar-refractivity contribution >= 4 is 0 Å². The monoisotopic (exact) mass is 137 g/mol. The molecule has 1 N–H and O–H groups in total. The van der Waals surface area contributed by atoms with E-state index in [2.05, 4.69) is 21.8 Å². The number of nitrogens with zero attached hydrogens (tertiary/aromatic N) is 2. The van der Waals surface area contributed by atoms with Gasteiger partial charge in [0.25, 0.3) is 0 Å². The van der Waals surface area contributed by atoms with Gasteiger partial charge in [-0.3, -0.25) is 0 Å². The van der Waals surface area contributed by atoms with Crippen LogP contribution in [-0.4, -0.2) is 15.6 Å². The molecule has 1 aromatic rings. The summed E-state index contributed by atoms with van der Waals surface area (Å²) in [6.45, 7) is 4.15. The molecule has 0 bridgehead atoms. The Morgan fingerprint density at radius 3 is 3.60 bits per heavy atom. The Balaban J connectivity index is 2.30. The zero-order valence-corrected chi connectivity index (χ0v) is 6.04. The summed E-state index contributed by atoms with van der Waals surface area (Å²) in [5.74, 6) is 1.15. The molecule has 0 fully saturated rings. The van der Waals surface area contributed by atoms with Gasteiger partial charge in [-0.1, -0.05) is 0 Å². The first-order chi connectivity index (χ1) is 4.86. The van der Waals surface area contributed by atoms with E-state index in [1.54, 1.807) is 0 Å². The summed E-state index contributed by atoms with van der Waals surface area (Å²) in [6.07, 6.45) is 3.89. The number of imidazole rings is 1. The van der Waals surface area contributed by atoms with Crippen molar-refractivity contribution in [1.82, 2.24) is 14.9 Å². The van der Waals surface area contributed by atoms with Gasteiger partial charge in [0, 0.05) is 25.0 Å².